The highest BCUT2D eigenvalue weighted by Crippen LogP contribution is 2.37. The summed E-state index contributed by atoms with van der Waals surface area (Å²) in [6, 6.07) is 9.81. The standard InChI is InChI=1S/C22H27Cl3N2O2.2ClH/c1-3-27-8-4-5-18(27)13-26-12-15-9-20(25)22(21(10-15)28-2)29-14-16-6-7-17(23)11-19(16)24;;/h6-7,9-11,18,26H,3-5,8,12-14H2,1-2H3;2*1H. The van der Waals surface area contributed by atoms with Crippen molar-refractivity contribution in [3.05, 3.63) is 56.5 Å². The van der Waals surface area contributed by atoms with Gasteiger partial charge in [-0.2, -0.15) is 0 Å². The number of likely N-dealkylation sites (tertiary alicyclic amines) is 1. The number of rotatable bonds is 9. The molecule has 2 aromatic carbocycles. The molecule has 1 saturated heterocycles. The van der Waals surface area contributed by atoms with E-state index in [9.17, 15) is 0 Å². The normalized spacial score (nSPS) is 15.8. The molecule has 0 amide bonds. The molecule has 0 spiro atoms. The van der Waals surface area contributed by atoms with Gasteiger partial charge in [-0.15, -0.1) is 24.8 Å². The fourth-order valence-corrected chi connectivity index (χ4v) is 4.48. The van der Waals surface area contributed by atoms with Gasteiger partial charge in [0.05, 0.1) is 12.1 Å². The minimum absolute atomic E-state index is 0. The molecule has 0 radical (unpaired) electrons. The Morgan fingerprint density at radius 3 is 2.55 bits per heavy atom. The maximum absolute atomic E-state index is 6.50. The lowest BCUT2D eigenvalue weighted by Gasteiger charge is -2.23. The molecule has 4 nitrogen and oxygen atoms in total. The molecule has 174 valence electrons. The zero-order valence-electron chi connectivity index (χ0n) is 17.6. The van der Waals surface area contributed by atoms with Gasteiger partial charge in [-0.1, -0.05) is 47.8 Å². The van der Waals surface area contributed by atoms with Crippen molar-refractivity contribution < 1.29 is 9.47 Å². The molecule has 3 rings (SSSR count). The predicted octanol–water partition coefficient (Wildman–Crippen LogP) is 6.65. The number of methoxy groups -OCH3 is 1. The number of nitrogens with one attached hydrogen (secondary N) is 1. The van der Waals surface area contributed by atoms with Gasteiger partial charge in [0.25, 0.3) is 0 Å². The molecule has 1 unspecified atom stereocenters. The number of likely N-dealkylation sites (N-methyl/N-ethyl adjacent to an activating group) is 1. The quantitative estimate of drug-likeness (QED) is 0.394. The SMILES string of the molecule is CCN1CCCC1CNCc1cc(Cl)c(OCc2ccc(Cl)cc2Cl)c(OC)c1.Cl.Cl. The maximum Gasteiger partial charge on any atom is 0.180 e. The third-order valence-electron chi connectivity index (χ3n) is 5.29. The van der Waals surface area contributed by atoms with Crippen LogP contribution in [0.15, 0.2) is 30.3 Å². The molecule has 0 aliphatic carbocycles. The van der Waals surface area contributed by atoms with Crippen LogP contribution < -0.4 is 14.8 Å². The Balaban J connectivity index is 0.00000240. The van der Waals surface area contributed by atoms with E-state index in [4.69, 9.17) is 44.3 Å². The van der Waals surface area contributed by atoms with Gasteiger partial charge in [0.15, 0.2) is 11.5 Å². The van der Waals surface area contributed by atoms with Crippen molar-refractivity contribution in [2.75, 3.05) is 26.7 Å². The summed E-state index contributed by atoms with van der Waals surface area (Å²) in [5, 5.41) is 5.21. The van der Waals surface area contributed by atoms with E-state index >= 15 is 0 Å². The van der Waals surface area contributed by atoms with Crippen LogP contribution in [0.2, 0.25) is 15.1 Å². The highest BCUT2D eigenvalue weighted by atomic mass is 35.5. The van der Waals surface area contributed by atoms with Crippen LogP contribution in [0, 0.1) is 0 Å². The van der Waals surface area contributed by atoms with Crippen LogP contribution in [-0.2, 0) is 13.2 Å². The van der Waals surface area contributed by atoms with Crippen LogP contribution in [-0.4, -0.2) is 37.7 Å². The lowest BCUT2D eigenvalue weighted by atomic mass is 10.1. The smallest absolute Gasteiger partial charge is 0.180 e. The van der Waals surface area contributed by atoms with Gasteiger partial charge in [-0.05, 0) is 55.8 Å². The van der Waals surface area contributed by atoms with E-state index in [0.29, 0.717) is 32.6 Å². The van der Waals surface area contributed by atoms with Crippen molar-refractivity contribution in [1.82, 2.24) is 10.2 Å². The molecule has 1 heterocycles. The lowest BCUT2D eigenvalue weighted by Crippen LogP contribution is -2.37. The Morgan fingerprint density at radius 2 is 1.87 bits per heavy atom. The van der Waals surface area contributed by atoms with Crippen molar-refractivity contribution in [3.8, 4) is 11.5 Å². The summed E-state index contributed by atoms with van der Waals surface area (Å²) in [4.78, 5) is 2.53. The van der Waals surface area contributed by atoms with Crippen molar-refractivity contribution in [1.29, 1.82) is 0 Å². The van der Waals surface area contributed by atoms with E-state index < -0.39 is 0 Å². The van der Waals surface area contributed by atoms with Crippen LogP contribution in [0.5, 0.6) is 11.5 Å². The number of halogens is 5. The van der Waals surface area contributed by atoms with E-state index in [1.54, 1.807) is 19.2 Å². The van der Waals surface area contributed by atoms with E-state index in [1.807, 2.05) is 18.2 Å². The average Bonchev–Trinajstić information content (AvgIpc) is 3.15. The molecular weight excluding hydrogens is 502 g/mol. The minimum atomic E-state index is 0. The molecule has 2 aromatic rings. The number of benzene rings is 2. The second kappa shape index (κ2) is 13.8. The van der Waals surface area contributed by atoms with Gasteiger partial charge in [0, 0.05) is 34.7 Å². The summed E-state index contributed by atoms with van der Waals surface area (Å²) in [5.74, 6) is 1.12. The Bertz CT molecular complexity index is 838. The molecule has 1 fully saturated rings. The van der Waals surface area contributed by atoms with Crippen molar-refractivity contribution in [3.63, 3.8) is 0 Å². The van der Waals surface area contributed by atoms with E-state index in [2.05, 4.69) is 17.1 Å². The molecule has 1 N–H and O–H groups in total. The molecule has 9 heteroatoms. The topological polar surface area (TPSA) is 33.7 Å². The third-order valence-corrected chi connectivity index (χ3v) is 6.16. The Morgan fingerprint density at radius 1 is 1.10 bits per heavy atom. The summed E-state index contributed by atoms with van der Waals surface area (Å²) in [6.45, 7) is 6.51. The minimum Gasteiger partial charge on any atom is -0.493 e. The summed E-state index contributed by atoms with van der Waals surface area (Å²) in [5.41, 5.74) is 1.89. The fourth-order valence-electron chi connectivity index (χ4n) is 3.73. The second-order valence-electron chi connectivity index (χ2n) is 7.19. The molecule has 1 atom stereocenters. The number of hydrogen-bond donors (Lipinski definition) is 1. The summed E-state index contributed by atoms with van der Waals surface area (Å²) < 4.78 is 11.4. The molecule has 0 saturated carbocycles. The first kappa shape index (κ1) is 28.4. The fraction of sp³-hybridized carbons (Fsp3) is 0.455. The summed E-state index contributed by atoms with van der Waals surface area (Å²) in [7, 11) is 1.61. The van der Waals surface area contributed by atoms with Crippen LogP contribution in [0.3, 0.4) is 0 Å². The average molecular weight is 531 g/mol. The molecule has 1 aliphatic rings. The first-order valence-corrected chi connectivity index (χ1v) is 11.0. The van der Waals surface area contributed by atoms with Crippen molar-refractivity contribution >= 4 is 59.6 Å². The van der Waals surface area contributed by atoms with Crippen LogP contribution in [0.4, 0.5) is 0 Å². The number of hydrogen-bond acceptors (Lipinski definition) is 4. The van der Waals surface area contributed by atoms with Gasteiger partial charge in [-0.3, -0.25) is 4.90 Å². The Hall–Kier alpha value is -0.590. The number of ether oxygens (including phenoxy) is 2. The third kappa shape index (κ3) is 7.75. The van der Waals surface area contributed by atoms with Crippen LogP contribution in [0.25, 0.3) is 0 Å². The predicted molar refractivity (Wildman–Crippen MR) is 135 cm³/mol. The van der Waals surface area contributed by atoms with Crippen molar-refractivity contribution in [2.24, 2.45) is 0 Å². The summed E-state index contributed by atoms with van der Waals surface area (Å²) in [6.07, 6.45) is 2.54. The van der Waals surface area contributed by atoms with E-state index in [-0.39, 0.29) is 31.4 Å². The molecule has 31 heavy (non-hydrogen) atoms. The van der Waals surface area contributed by atoms with Gasteiger partial charge in [0.1, 0.15) is 6.61 Å². The highest BCUT2D eigenvalue weighted by Gasteiger charge is 2.22. The van der Waals surface area contributed by atoms with Gasteiger partial charge >= 0.3 is 0 Å². The van der Waals surface area contributed by atoms with Gasteiger partial charge in [-0.25, -0.2) is 0 Å². The molecule has 0 bridgehead atoms. The monoisotopic (exact) mass is 528 g/mol. The largest absolute Gasteiger partial charge is 0.493 e. The summed E-state index contributed by atoms with van der Waals surface area (Å²) >= 11 is 18.7. The van der Waals surface area contributed by atoms with Crippen molar-refractivity contribution in [2.45, 2.75) is 39.0 Å². The molecule has 1 aliphatic heterocycles. The first-order valence-electron chi connectivity index (χ1n) is 9.89. The zero-order chi connectivity index (χ0) is 20.8. The van der Waals surface area contributed by atoms with E-state index in [0.717, 1.165) is 30.8 Å². The lowest BCUT2D eigenvalue weighted by molar-refractivity contribution is 0.260. The second-order valence-corrected chi connectivity index (χ2v) is 8.44. The van der Waals surface area contributed by atoms with Gasteiger partial charge in [0.2, 0.25) is 0 Å². The number of nitrogens with zero attached hydrogens (tertiary/aromatic N) is 1. The maximum atomic E-state index is 6.50. The highest BCUT2D eigenvalue weighted by molar-refractivity contribution is 6.35. The zero-order valence-corrected chi connectivity index (χ0v) is 21.5. The Labute approximate surface area is 212 Å². The first-order chi connectivity index (χ1) is 14.0. The Kier molecular flexibility index (Phi) is 12.7. The van der Waals surface area contributed by atoms with Crippen LogP contribution in [0.1, 0.15) is 30.9 Å². The van der Waals surface area contributed by atoms with E-state index in [1.165, 1.54) is 19.4 Å². The molecule has 0 aromatic heterocycles. The van der Waals surface area contributed by atoms with Gasteiger partial charge < -0.3 is 14.8 Å². The van der Waals surface area contributed by atoms with Crippen LogP contribution >= 0.6 is 59.6 Å². The molecular formula is C22H29Cl5N2O2.